The molecular formula is C17H33N3. The standard InChI is InChI=1S/C17H33N3/c1-19-8-3-6-17(13-18,7-9-19)20(2)12-16-11-14-4-5-15(16)10-14/h14-16H,3-13,18H2,1-2H3. The summed E-state index contributed by atoms with van der Waals surface area (Å²) in [5, 5.41) is 0. The minimum absolute atomic E-state index is 0.270. The first-order valence-corrected chi connectivity index (χ1v) is 8.73. The van der Waals surface area contributed by atoms with Crippen LogP contribution in [0.3, 0.4) is 0 Å². The topological polar surface area (TPSA) is 32.5 Å². The van der Waals surface area contributed by atoms with Gasteiger partial charge >= 0.3 is 0 Å². The summed E-state index contributed by atoms with van der Waals surface area (Å²) < 4.78 is 0. The fourth-order valence-corrected chi connectivity index (χ4v) is 5.20. The Morgan fingerprint density at radius 2 is 2.05 bits per heavy atom. The molecule has 2 bridgehead atoms. The van der Waals surface area contributed by atoms with Crippen LogP contribution in [0, 0.1) is 17.8 Å². The molecule has 20 heavy (non-hydrogen) atoms. The molecule has 1 aliphatic heterocycles. The van der Waals surface area contributed by atoms with Crippen LogP contribution in [-0.2, 0) is 0 Å². The van der Waals surface area contributed by atoms with Crippen molar-refractivity contribution in [2.45, 2.75) is 50.5 Å². The van der Waals surface area contributed by atoms with Gasteiger partial charge in [0.15, 0.2) is 0 Å². The molecule has 0 aromatic carbocycles. The summed E-state index contributed by atoms with van der Waals surface area (Å²) in [6.45, 7) is 4.57. The zero-order valence-corrected chi connectivity index (χ0v) is 13.5. The van der Waals surface area contributed by atoms with Crippen LogP contribution >= 0.6 is 0 Å². The molecule has 2 saturated carbocycles. The molecule has 116 valence electrons. The van der Waals surface area contributed by atoms with Gasteiger partial charge in [-0.15, -0.1) is 0 Å². The lowest BCUT2D eigenvalue weighted by molar-refractivity contribution is 0.0774. The molecule has 2 N–H and O–H groups in total. The molecule has 0 radical (unpaired) electrons. The Kier molecular flexibility index (Phi) is 4.40. The summed E-state index contributed by atoms with van der Waals surface area (Å²) >= 11 is 0. The van der Waals surface area contributed by atoms with E-state index in [1.165, 1.54) is 64.6 Å². The average molecular weight is 279 g/mol. The Hall–Kier alpha value is -0.120. The summed E-state index contributed by atoms with van der Waals surface area (Å²) in [4.78, 5) is 5.14. The molecule has 4 unspecified atom stereocenters. The maximum Gasteiger partial charge on any atom is 0.0341 e. The SMILES string of the molecule is CN1CCCC(CN)(N(C)CC2CC3CCC2C3)CC1. The van der Waals surface area contributed by atoms with Crippen LogP contribution in [0.2, 0.25) is 0 Å². The predicted molar refractivity (Wildman–Crippen MR) is 84.7 cm³/mol. The second-order valence-corrected chi connectivity index (χ2v) is 7.90. The molecule has 0 spiro atoms. The number of likely N-dealkylation sites (N-methyl/N-ethyl adjacent to an activating group) is 1. The van der Waals surface area contributed by atoms with Gasteiger partial charge in [0.2, 0.25) is 0 Å². The number of rotatable bonds is 4. The van der Waals surface area contributed by atoms with E-state index in [4.69, 9.17) is 5.73 Å². The molecule has 1 heterocycles. The fourth-order valence-electron chi connectivity index (χ4n) is 5.20. The van der Waals surface area contributed by atoms with Crippen LogP contribution in [0.15, 0.2) is 0 Å². The van der Waals surface area contributed by atoms with Crippen molar-refractivity contribution in [1.29, 1.82) is 0 Å². The molecule has 0 aromatic heterocycles. The fraction of sp³-hybridized carbons (Fsp3) is 1.00. The minimum atomic E-state index is 0.270. The van der Waals surface area contributed by atoms with E-state index < -0.39 is 0 Å². The lowest BCUT2D eigenvalue weighted by Gasteiger charge is -2.43. The minimum Gasteiger partial charge on any atom is -0.329 e. The number of fused-ring (bicyclic) bond motifs is 2. The second-order valence-electron chi connectivity index (χ2n) is 7.90. The van der Waals surface area contributed by atoms with Crippen LogP contribution in [0.4, 0.5) is 0 Å². The largest absolute Gasteiger partial charge is 0.329 e. The highest BCUT2D eigenvalue weighted by atomic mass is 15.2. The van der Waals surface area contributed by atoms with Crippen LogP contribution < -0.4 is 5.73 Å². The third kappa shape index (κ3) is 2.77. The molecule has 3 heteroatoms. The number of likely N-dealkylation sites (tertiary alicyclic amines) is 1. The van der Waals surface area contributed by atoms with Gasteiger partial charge in [0.05, 0.1) is 0 Å². The number of nitrogens with two attached hydrogens (primary N) is 1. The molecule has 1 saturated heterocycles. The summed E-state index contributed by atoms with van der Waals surface area (Å²) in [5.41, 5.74) is 6.51. The lowest BCUT2D eigenvalue weighted by atomic mass is 9.84. The van der Waals surface area contributed by atoms with Gasteiger partial charge in [0.1, 0.15) is 0 Å². The molecule has 0 amide bonds. The van der Waals surface area contributed by atoms with Crippen LogP contribution in [0.1, 0.15) is 44.9 Å². The monoisotopic (exact) mass is 279 g/mol. The van der Waals surface area contributed by atoms with Crippen molar-refractivity contribution in [3.05, 3.63) is 0 Å². The van der Waals surface area contributed by atoms with Crippen molar-refractivity contribution in [1.82, 2.24) is 9.80 Å². The van der Waals surface area contributed by atoms with Crippen LogP contribution in [0.25, 0.3) is 0 Å². The van der Waals surface area contributed by atoms with Gasteiger partial charge < -0.3 is 10.6 Å². The molecular weight excluding hydrogens is 246 g/mol. The van der Waals surface area contributed by atoms with E-state index in [0.717, 1.165) is 24.3 Å². The van der Waals surface area contributed by atoms with E-state index in [-0.39, 0.29) is 5.54 Å². The molecule has 3 aliphatic rings. The third-order valence-corrected chi connectivity index (χ3v) is 6.72. The van der Waals surface area contributed by atoms with Crippen molar-refractivity contribution in [3.8, 4) is 0 Å². The maximum absolute atomic E-state index is 6.24. The van der Waals surface area contributed by atoms with Crippen molar-refractivity contribution < 1.29 is 0 Å². The quantitative estimate of drug-likeness (QED) is 0.856. The van der Waals surface area contributed by atoms with Gasteiger partial charge in [-0.3, -0.25) is 4.90 Å². The van der Waals surface area contributed by atoms with E-state index in [1.54, 1.807) is 0 Å². The Morgan fingerprint density at radius 1 is 1.20 bits per heavy atom. The smallest absolute Gasteiger partial charge is 0.0341 e. The van der Waals surface area contributed by atoms with Gasteiger partial charge in [-0.1, -0.05) is 6.42 Å². The van der Waals surface area contributed by atoms with E-state index in [9.17, 15) is 0 Å². The first kappa shape index (κ1) is 14.8. The molecule has 2 aliphatic carbocycles. The second kappa shape index (κ2) is 5.94. The molecule has 3 nitrogen and oxygen atoms in total. The summed E-state index contributed by atoms with van der Waals surface area (Å²) in [7, 11) is 4.60. The molecule has 3 rings (SSSR count). The average Bonchev–Trinajstić information content (AvgIpc) is 2.99. The zero-order chi connectivity index (χ0) is 14.2. The van der Waals surface area contributed by atoms with Gasteiger partial charge in [0, 0.05) is 18.6 Å². The van der Waals surface area contributed by atoms with E-state index >= 15 is 0 Å². The maximum atomic E-state index is 6.24. The normalized spacial score (nSPS) is 42.3. The molecule has 0 aromatic rings. The highest BCUT2D eigenvalue weighted by Crippen LogP contribution is 2.49. The van der Waals surface area contributed by atoms with Crippen molar-refractivity contribution in [2.75, 3.05) is 40.3 Å². The molecule has 3 fully saturated rings. The highest BCUT2D eigenvalue weighted by Gasteiger charge is 2.42. The highest BCUT2D eigenvalue weighted by molar-refractivity contribution is 4.97. The first-order chi connectivity index (χ1) is 9.63. The van der Waals surface area contributed by atoms with Gasteiger partial charge in [-0.05, 0) is 83.5 Å². The Morgan fingerprint density at radius 3 is 2.70 bits per heavy atom. The molecule has 4 atom stereocenters. The number of hydrogen-bond acceptors (Lipinski definition) is 3. The summed E-state index contributed by atoms with van der Waals surface area (Å²) in [6.07, 6.45) is 9.86. The Balaban J connectivity index is 1.62. The van der Waals surface area contributed by atoms with Gasteiger partial charge in [0.25, 0.3) is 0 Å². The van der Waals surface area contributed by atoms with Crippen LogP contribution in [-0.4, -0.2) is 55.6 Å². The zero-order valence-electron chi connectivity index (χ0n) is 13.5. The van der Waals surface area contributed by atoms with Crippen LogP contribution in [0.5, 0.6) is 0 Å². The van der Waals surface area contributed by atoms with Crippen molar-refractivity contribution in [3.63, 3.8) is 0 Å². The van der Waals surface area contributed by atoms with E-state index in [2.05, 4.69) is 23.9 Å². The Labute approximate surface area is 124 Å². The van der Waals surface area contributed by atoms with Gasteiger partial charge in [-0.2, -0.15) is 0 Å². The Bertz CT molecular complexity index is 332. The third-order valence-electron chi connectivity index (χ3n) is 6.72. The first-order valence-electron chi connectivity index (χ1n) is 8.73. The summed E-state index contributed by atoms with van der Waals surface area (Å²) in [5.74, 6) is 3.06. The number of hydrogen-bond donors (Lipinski definition) is 1. The van der Waals surface area contributed by atoms with E-state index in [1.807, 2.05) is 0 Å². The van der Waals surface area contributed by atoms with E-state index in [0.29, 0.717) is 0 Å². The predicted octanol–water partition coefficient (Wildman–Crippen LogP) is 2.17. The van der Waals surface area contributed by atoms with Gasteiger partial charge in [-0.25, -0.2) is 0 Å². The number of nitrogens with zero attached hydrogens (tertiary/aromatic N) is 2. The lowest BCUT2D eigenvalue weighted by Crippen LogP contribution is -2.54. The van der Waals surface area contributed by atoms with Crippen molar-refractivity contribution >= 4 is 0 Å². The van der Waals surface area contributed by atoms with Crippen molar-refractivity contribution in [2.24, 2.45) is 23.5 Å². The summed E-state index contributed by atoms with van der Waals surface area (Å²) in [6, 6.07) is 0.